The van der Waals surface area contributed by atoms with Gasteiger partial charge in [0.15, 0.2) is 0 Å². The molecule has 1 aromatic heterocycles. The van der Waals surface area contributed by atoms with E-state index in [0.29, 0.717) is 73.7 Å². The molecule has 5 aromatic carbocycles. The number of fused-ring (bicyclic) bond motifs is 4. The van der Waals surface area contributed by atoms with Crippen molar-refractivity contribution in [3.05, 3.63) is 100 Å². The molecule has 0 saturated heterocycles. The van der Waals surface area contributed by atoms with E-state index in [9.17, 15) is 4.79 Å². The van der Waals surface area contributed by atoms with Crippen LogP contribution < -0.4 is 32.5 Å². The van der Waals surface area contributed by atoms with Gasteiger partial charge < -0.3 is 45.4 Å². The van der Waals surface area contributed by atoms with Crippen LogP contribution in [-0.4, -0.2) is 34.4 Å². The van der Waals surface area contributed by atoms with E-state index in [2.05, 4.69) is 0 Å². The van der Waals surface area contributed by atoms with Crippen LogP contribution >= 0.6 is 16.8 Å². The molecule has 1 atom stereocenters. The number of aryl methyl sites for hydroxylation is 5. The summed E-state index contributed by atoms with van der Waals surface area (Å²) in [4.78, 5) is 13.0. The van der Waals surface area contributed by atoms with Gasteiger partial charge in [0.05, 0.1) is 28.4 Å². The number of hydrogen-bond acceptors (Lipinski definition) is 11. The standard InChI is InChI=1S/C40H38O11P2/c1-21-11-10-12-30-35(21)46-53(51-40(30)41)50-39-25(5)16-29(45-9)20-34(39)33-19-28(44-8)15-24(4)38(33)49-52-47-36-22(2)13-26(42-6)17-31(36)32-18-27(43-7)14-23(3)37(32)48-52/h10-20H,1-9H3. The smallest absolute Gasteiger partial charge is 0.497 e. The summed E-state index contributed by atoms with van der Waals surface area (Å²) in [5, 5.41) is 1.55. The molecule has 53 heavy (non-hydrogen) atoms. The van der Waals surface area contributed by atoms with E-state index in [4.69, 9.17) is 45.4 Å². The number of carbonyl (C=O) groups is 1. The summed E-state index contributed by atoms with van der Waals surface area (Å²) in [6.45, 7) is 9.54. The topological polar surface area (TPSA) is 117 Å². The largest absolute Gasteiger partial charge is 0.532 e. The fourth-order valence-electron chi connectivity index (χ4n) is 6.26. The Hall–Kier alpha value is -5.50. The number of benzene rings is 5. The van der Waals surface area contributed by atoms with Crippen molar-refractivity contribution in [3.63, 3.8) is 0 Å². The van der Waals surface area contributed by atoms with E-state index in [1.165, 1.54) is 0 Å². The third-order valence-corrected chi connectivity index (χ3v) is 10.9. The molecule has 0 bridgehead atoms. The van der Waals surface area contributed by atoms with Crippen LogP contribution in [0.3, 0.4) is 0 Å². The van der Waals surface area contributed by atoms with E-state index >= 15 is 0 Å². The molecule has 1 aliphatic heterocycles. The lowest BCUT2D eigenvalue weighted by Crippen LogP contribution is -2.15. The number of ether oxygens (including phenoxy) is 4. The molecular weight excluding hydrogens is 718 g/mol. The normalized spacial score (nSPS) is 13.5. The zero-order valence-electron chi connectivity index (χ0n) is 30.7. The summed E-state index contributed by atoms with van der Waals surface area (Å²) in [5.41, 5.74) is 6.58. The summed E-state index contributed by atoms with van der Waals surface area (Å²) >= 11 is 0. The summed E-state index contributed by atoms with van der Waals surface area (Å²) in [6, 6.07) is 20.3. The first-order valence-electron chi connectivity index (χ1n) is 16.6. The Morgan fingerprint density at radius 1 is 0.509 bits per heavy atom. The predicted octanol–water partition coefficient (Wildman–Crippen LogP) is 11.2. The molecule has 13 heteroatoms. The van der Waals surface area contributed by atoms with Gasteiger partial charge in [-0.15, -0.1) is 0 Å². The molecule has 6 aromatic rings. The molecule has 0 saturated carbocycles. The first-order chi connectivity index (χ1) is 25.5. The average Bonchev–Trinajstić information content (AvgIpc) is 3.30. The first-order valence-corrected chi connectivity index (χ1v) is 18.8. The van der Waals surface area contributed by atoms with Crippen LogP contribution in [0.2, 0.25) is 0 Å². The number of carbonyl (C=O) groups excluding carboxylic acids is 1. The molecule has 0 spiro atoms. The van der Waals surface area contributed by atoms with Gasteiger partial charge in [-0.2, -0.15) is 0 Å². The highest BCUT2D eigenvalue weighted by molar-refractivity contribution is 7.43. The predicted molar refractivity (Wildman–Crippen MR) is 204 cm³/mol. The Labute approximate surface area is 308 Å². The van der Waals surface area contributed by atoms with E-state index in [0.717, 1.165) is 33.0 Å². The lowest BCUT2D eigenvalue weighted by Gasteiger charge is -2.26. The van der Waals surface area contributed by atoms with Gasteiger partial charge in [-0.1, -0.05) is 12.1 Å². The maximum Gasteiger partial charge on any atom is 0.532 e. The fourth-order valence-corrected chi connectivity index (χ4v) is 8.67. The Morgan fingerprint density at radius 2 is 0.981 bits per heavy atom. The summed E-state index contributed by atoms with van der Waals surface area (Å²) < 4.78 is 61.1. The Kier molecular flexibility index (Phi) is 9.81. The van der Waals surface area contributed by atoms with Gasteiger partial charge in [0.25, 0.3) is 0 Å². The van der Waals surface area contributed by atoms with Gasteiger partial charge in [-0.25, -0.2) is 4.79 Å². The van der Waals surface area contributed by atoms with Crippen LogP contribution in [0, 0.1) is 34.6 Å². The molecule has 2 heterocycles. The highest BCUT2D eigenvalue weighted by Crippen LogP contribution is 2.54. The summed E-state index contributed by atoms with van der Waals surface area (Å²) in [6.07, 6.45) is 0. The molecule has 0 amide bonds. The second-order valence-electron chi connectivity index (χ2n) is 12.5. The van der Waals surface area contributed by atoms with Crippen molar-refractivity contribution in [2.24, 2.45) is 0 Å². The van der Waals surface area contributed by atoms with Crippen LogP contribution in [0.15, 0.2) is 75.1 Å². The molecule has 0 fully saturated rings. The minimum atomic E-state index is -2.18. The minimum Gasteiger partial charge on any atom is -0.497 e. The zero-order valence-corrected chi connectivity index (χ0v) is 32.5. The fraction of sp³-hybridized carbons (Fsp3) is 0.225. The van der Waals surface area contributed by atoms with Gasteiger partial charge >= 0.3 is 22.8 Å². The second-order valence-corrected chi connectivity index (χ2v) is 14.5. The van der Waals surface area contributed by atoms with Crippen LogP contribution in [0.4, 0.5) is 0 Å². The molecule has 0 radical (unpaired) electrons. The van der Waals surface area contributed by atoms with Gasteiger partial charge in [0.2, 0.25) is 0 Å². The minimum absolute atomic E-state index is 0.342. The van der Waals surface area contributed by atoms with Crippen molar-refractivity contribution in [3.8, 4) is 51.4 Å². The number of hydrogen-bond donors (Lipinski definition) is 0. The number of methoxy groups -OCH3 is 4. The summed E-state index contributed by atoms with van der Waals surface area (Å²) in [7, 11) is 2.14. The van der Waals surface area contributed by atoms with E-state index in [-0.39, 0.29) is 0 Å². The van der Waals surface area contributed by atoms with Crippen LogP contribution in [0.25, 0.3) is 33.1 Å². The molecule has 1 unspecified atom stereocenters. The van der Waals surface area contributed by atoms with Crippen molar-refractivity contribution >= 4 is 44.8 Å². The van der Waals surface area contributed by atoms with Gasteiger partial charge in [0, 0.05) is 21.9 Å². The van der Waals surface area contributed by atoms with Crippen LogP contribution in [-0.2, 0) is 4.52 Å². The number of para-hydroxylation sites is 1. The van der Waals surface area contributed by atoms with Crippen LogP contribution in [0.1, 0.15) is 38.2 Å². The van der Waals surface area contributed by atoms with Crippen molar-refractivity contribution in [1.82, 2.24) is 0 Å². The Morgan fingerprint density at radius 3 is 1.49 bits per heavy atom. The molecule has 0 aliphatic carbocycles. The van der Waals surface area contributed by atoms with E-state index in [1.54, 1.807) is 40.6 Å². The molecule has 274 valence electrons. The van der Waals surface area contributed by atoms with Crippen molar-refractivity contribution in [2.45, 2.75) is 34.6 Å². The molecule has 11 nitrogen and oxygen atoms in total. The third kappa shape index (κ3) is 6.78. The Balaban J connectivity index is 1.42. The van der Waals surface area contributed by atoms with Crippen molar-refractivity contribution in [2.75, 3.05) is 28.4 Å². The first kappa shape index (κ1) is 35.9. The number of rotatable bonds is 9. The quantitative estimate of drug-likeness (QED) is 0.131. The Bertz CT molecular complexity index is 2380. The van der Waals surface area contributed by atoms with Gasteiger partial charge in [-0.3, -0.25) is 0 Å². The van der Waals surface area contributed by atoms with E-state index < -0.39 is 22.8 Å². The SMILES string of the molecule is COc1cc(C)c(OP2OC(=O)c3cccc(C)c3O2)c(-c2cc(OC)cc(C)c2Op2oc3c(C)cc(OC)cc3c3cc(OC)cc(C)c3o2)c1. The van der Waals surface area contributed by atoms with E-state index in [1.807, 2.05) is 89.2 Å². The second kappa shape index (κ2) is 14.5. The molecule has 7 rings (SSSR count). The monoisotopic (exact) mass is 756 g/mol. The highest BCUT2D eigenvalue weighted by Gasteiger charge is 2.35. The molecule has 0 N–H and O–H groups in total. The van der Waals surface area contributed by atoms with Crippen molar-refractivity contribution in [1.29, 1.82) is 0 Å². The summed E-state index contributed by atoms with van der Waals surface area (Å²) in [5.74, 6) is 3.23. The highest BCUT2D eigenvalue weighted by atomic mass is 31.2. The molecule has 1 aliphatic rings. The average molecular weight is 757 g/mol. The lowest BCUT2D eigenvalue weighted by molar-refractivity contribution is 0.0697. The molecular formula is C40H38O11P2. The van der Waals surface area contributed by atoms with Gasteiger partial charge in [-0.05, 0) is 117 Å². The zero-order chi connectivity index (χ0) is 37.6. The van der Waals surface area contributed by atoms with Gasteiger partial charge in [0.1, 0.15) is 57.0 Å². The maximum atomic E-state index is 13.0. The van der Waals surface area contributed by atoms with Crippen molar-refractivity contribution < 1.29 is 50.2 Å². The lowest BCUT2D eigenvalue weighted by atomic mass is 9.98. The maximum absolute atomic E-state index is 13.0. The van der Waals surface area contributed by atoms with Crippen LogP contribution in [0.5, 0.6) is 40.2 Å². The third-order valence-electron chi connectivity index (χ3n) is 8.93.